The van der Waals surface area contributed by atoms with E-state index >= 15 is 0 Å². The molecule has 2 aromatic heterocycles. The number of methoxy groups -OCH3 is 1. The average molecular weight is 575 g/mol. The van der Waals surface area contributed by atoms with Gasteiger partial charge in [-0.25, -0.2) is 22.8 Å². The van der Waals surface area contributed by atoms with Crippen LogP contribution in [0.5, 0.6) is 5.88 Å². The maximum Gasteiger partial charge on any atom is 0.267 e. The number of halogens is 1. The Labute approximate surface area is 236 Å². The van der Waals surface area contributed by atoms with Crippen molar-refractivity contribution < 1.29 is 22.3 Å². The molecule has 1 aliphatic rings. The smallest absolute Gasteiger partial charge is 0.267 e. The maximum absolute atomic E-state index is 13.7. The molecule has 210 valence electrons. The van der Waals surface area contributed by atoms with E-state index in [1.807, 2.05) is 47.0 Å². The summed E-state index contributed by atoms with van der Waals surface area (Å²) in [5.74, 6) is -0.330. The first-order valence-electron chi connectivity index (χ1n) is 12.9. The van der Waals surface area contributed by atoms with E-state index in [2.05, 4.69) is 19.6 Å². The number of nitrogens with one attached hydrogen (secondary N) is 1. The van der Waals surface area contributed by atoms with E-state index in [0.29, 0.717) is 35.8 Å². The van der Waals surface area contributed by atoms with E-state index in [1.165, 1.54) is 37.6 Å². The molecule has 3 heterocycles. The van der Waals surface area contributed by atoms with Crippen molar-refractivity contribution in [2.45, 2.75) is 4.90 Å². The summed E-state index contributed by atoms with van der Waals surface area (Å²) in [6, 6.07) is 20.3. The highest BCUT2D eigenvalue weighted by molar-refractivity contribution is 7.92. The second-order valence-corrected chi connectivity index (χ2v) is 11.1. The zero-order valence-corrected chi connectivity index (χ0v) is 22.9. The molecule has 3 N–H and O–H groups in total. The lowest BCUT2D eigenvalue weighted by atomic mass is 10.1. The molecule has 5 aromatic rings. The topological polar surface area (TPSA) is 125 Å². The van der Waals surface area contributed by atoms with Gasteiger partial charge in [-0.05, 0) is 66.2 Å². The van der Waals surface area contributed by atoms with Crippen LogP contribution in [0.3, 0.4) is 0 Å². The van der Waals surface area contributed by atoms with Gasteiger partial charge in [0.05, 0.1) is 37.0 Å². The van der Waals surface area contributed by atoms with Crippen LogP contribution in [0.4, 0.5) is 21.7 Å². The quantitative estimate of drug-likeness (QED) is 0.292. The number of hydrogen-bond acceptors (Lipinski definition) is 8. The molecule has 0 radical (unpaired) electrons. The monoisotopic (exact) mass is 574 g/mol. The minimum atomic E-state index is -4.16. The van der Waals surface area contributed by atoms with Crippen molar-refractivity contribution in [2.24, 2.45) is 0 Å². The molecule has 1 fully saturated rings. The number of rotatable bonds is 7. The summed E-state index contributed by atoms with van der Waals surface area (Å²) in [5, 5.41) is 0. The van der Waals surface area contributed by atoms with Gasteiger partial charge in [-0.1, -0.05) is 12.1 Å². The Morgan fingerprint density at radius 1 is 0.976 bits per heavy atom. The number of pyridine rings is 1. The summed E-state index contributed by atoms with van der Waals surface area (Å²) in [6.45, 7) is 3.08. The zero-order valence-electron chi connectivity index (χ0n) is 22.1. The Morgan fingerprint density at radius 3 is 2.46 bits per heavy atom. The Bertz CT molecular complexity index is 1840. The normalized spacial score (nSPS) is 13.9. The first-order chi connectivity index (χ1) is 19.8. The fourth-order valence-corrected chi connectivity index (χ4v) is 6.07. The van der Waals surface area contributed by atoms with Gasteiger partial charge in [0.2, 0.25) is 11.8 Å². The van der Waals surface area contributed by atoms with Crippen LogP contribution >= 0.6 is 0 Å². The van der Waals surface area contributed by atoms with Crippen molar-refractivity contribution in [1.82, 2.24) is 14.5 Å². The molecule has 10 nitrogen and oxygen atoms in total. The second kappa shape index (κ2) is 10.7. The second-order valence-electron chi connectivity index (χ2n) is 9.47. The van der Waals surface area contributed by atoms with Crippen molar-refractivity contribution in [3.63, 3.8) is 0 Å². The molecule has 0 spiro atoms. The highest BCUT2D eigenvalue weighted by Gasteiger charge is 2.23. The van der Waals surface area contributed by atoms with Crippen LogP contribution in [0.1, 0.15) is 0 Å². The zero-order chi connectivity index (χ0) is 28.6. The summed E-state index contributed by atoms with van der Waals surface area (Å²) >= 11 is 0. The van der Waals surface area contributed by atoms with E-state index in [1.54, 1.807) is 0 Å². The molecular formula is C29H27FN6O4S. The summed E-state index contributed by atoms with van der Waals surface area (Å²) < 4.78 is 55.2. The molecule has 6 rings (SSSR count). The number of aromatic nitrogens is 3. The third-order valence-corrected chi connectivity index (χ3v) is 8.25. The highest BCUT2D eigenvalue weighted by Crippen LogP contribution is 2.32. The Hall–Kier alpha value is -4.68. The standard InChI is InChI=1S/C29H27FN6O4S/c1-39-28-27(41(37,38)34-22-4-2-3-21(30)17-22)16-20(18-32-28)19-5-10-25-26(15-19)36(29(31)33-25)24-8-6-23(7-9-24)35-11-13-40-14-12-35/h2-10,15-18,34H,11-14H2,1H3,(H2,31,33). The SMILES string of the molecule is COc1ncc(-c2ccc3nc(N)n(-c4ccc(N5CCOCC5)cc4)c3c2)cc1S(=O)(=O)Nc1cccc(F)c1. The number of anilines is 3. The molecule has 0 aliphatic carbocycles. The van der Waals surface area contributed by atoms with Crippen molar-refractivity contribution in [1.29, 1.82) is 0 Å². The van der Waals surface area contributed by atoms with Crippen LogP contribution in [0.25, 0.3) is 27.8 Å². The van der Waals surface area contributed by atoms with Crippen molar-refractivity contribution >= 4 is 38.4 Å². The maximum atomic E-state index is 13.7. The summed E-state index contributed by atoms with van der Waals surface area (Å²) in [7, 11) is -2.83. The van der Waals surface area contributed by atoms with Crippen LogP contribution in [0.2, 0.25) is 0 Å². The highest BCUT2D eigenvalue weighted by atomic mass is 32.2. The molecule has 12 heteroatoms. The molecule has 0 amide bonds. The fourth-order valence-electron chi connectivity index (χ4n) is 4.88. The van der Waals surface area contributed by atoms with Gasteiger partial charge < -0.3 is 20.1 Å². The van der Waals surface area contributed by atoms with Crippen molar-refractivity contribution in [3.8, 4) is 22.7 Å². The first-order valence-corrected chi connectivity index (χ1v) is 14.3. The van der Waals surface area contributed by atoms with E-state index in [0.717, 1.165) is 36.0 Å². The number of ether oxygens (including phenoxy) is 2. The fraction of sp³-hybridized carbons (Fsp3) is 0.172. The van der Waals surface area contributed by atoms with Gasteiger partial charge in [-0.3, -0.25) is 9.29 Å². The number of nitrogen functional groups attached to an aromatic ring is 1. The van der Waals surface area contributed by atoms with Crippen LogP contribution in [0, 0.1) is 5.82 Å². The third-order valence-electron chi connectivity index (χ3n) is 6.88. The molecule has 41 heavy (non-hydrogen) atoms. The molecule has 1 aliphatic heterocycles. The minimum Gasteiger partial charge on any atom is -0.480 e. The lowest BCUT2D eigenvalue weighted by Crippen LogP contribution is -2.36. The largest absolute Gasteiger partial charge is 0.480 e. The van der Waals surface area contributed by atoms with Crippen LogP contribution in [-0.4, -0.2) is 56.4 Å². The molecule has 0 atom stereocenters. The predicted molar refractivity (Wildman–Crippen MR) is 156 cm³/mol. The van der Waals surface area contributed by atoms with Crippen molar-refractivity contribution in [3.05, 3.63) is 84.8 Å². The number of morpholine rings is 1. The van der Waals surface area contributed by atoms with E-state index in [4.69, 9.17) is 15.2 Å². The first kappa shape index (κ1) is 26.5. The van der Waals surface area contributed by atoms with Gasteiger partial charge >= 0.3 is 0 Å². The van der Waals surface area contributed by atoms with Gasteiger partial charge in [0.25, 0.3) is 10.0 Å². The van der Waals surface area contributed by atoms with Crippen LogP contribution in [0.15, 0.2) is 83.9 Å². The van der Waals surface area contributed by atoms with Gasteiger partial charge in [-0.2, -0.15) is 0 Å². The molecule has 0 bridgehead atoms. The Morgan fingerprint density at radius 2 is 1.73 bits per heavy atom. The third kappa shape index (κ3) is 5.26. The molecule has 0 unspecified atom stereocenters. The predicted octanol–water partition coefficient (Wildman–Crippen LogP) is 4.45. The van der Waals surface area contributed by atoms with Gasteiger partial charge in [0.1, 0.15) is 10.7 Å². The lowest BCUT2D eigenvalue weighted by molar-refractivity contribution is 0.122. The molecule has 3 aromatic carbocycles. The average Bonchev–Trinajstić information content (AvgIpc) is 3.32. The number of hydrogen-bond donors (Lipinski definition) is 2. The number of nitrogens with zero attached hydrogens (tertiary/aromatic N) is 4. The molecule has 0 saturated carbocycles. The summed E-state index contributed by atoms with van der Waals surface area (Å²) in [6.07, 6.45) is 1.53. The molecular weight excluding hydrogens is 547 g/mol. The minimum absolute atomic E-state index is 0.0814. The van der Waals surface area contributed by atoms with Crippen molar-refractivity contribution in [2.75, 3.05) is 48.8 Å². The van der Waals surface area contributed by atoms with E-state index in [-0.39, 0.29) is 16.5 Å². The number of sulfonamides is 1. The van der Waals surface area contributed by atoms with Gasteiger partial charge in [0, 0.05) is 36.2 Å². The lowest BCUT2D eigenvalue weighted by Gasteiger charge is -2.29. The van der Waals surface area contributed by atoms with Crippen LogP contribution in [-0.2, 0) is 14.8 Å². The Kier molecular flexibility index (Phi) is 6.93. The van der Waals surface area contributed by atoms with Crippen LogP contribution < -0.4 is 20.1 Å². The van der Waals surface area contributed by atoms with Gasteiger partial charge in [-0.15, -0.1) is 0 Å². The van der Waals surface area contributed by atoms with Gasteiger partial charge in [0.15, 0.2) is 0 Å². The number of nitrogens with two attached hydrogens (primary N) is 1. The number of fused-ring (bicyclic) bond motifs is 1. The van der Waals surface area contributed by atoms with E-state index in [9.17, 15) is 12.8 Å². The summed E-state index contributed by atoms with van der Waals surface area (Å²) in [5.41, 5.74) is 11.0. The van der Waals surface area contributed by atoms with E-state index < -0.39 is 15.8 Å². The number of imidazole rings is 1. The Balaban J connectivity index is 1.37. The summed E-state index contributed by atoms with van der Waals surface area (Å²) in [4.78, 5) is 10.8. The number of benzene rings is 3. The molecule has 1 saturated heterocycles.